The number of carbonyl (C=O) groups excluding carboxylic acids is 1. The molecule has 1 saturated heterocycles. The minimum Gasteiger partial charge on any atom is -0.494 e. The van der Waals surface area contributed by atoms with Crippen LogP contribution in [-0.4, -0.2) is 60.2 Å². The average molecular weight is 385 g/mol. The lowest BCUT2D eigenvalue weighted by atomic mass is 10.2. The first kappa shape index (κ1) is 19.5. The zero-order chi connectivity index (χ0) is 19.1. The van der Waals surface area contributed by atoms with E-state index in [1.54, 1.807) is 0 Å². The predicted molar refractivity (Wildman–Crippen MR) is 108 cm³/mol. The molecule has 142 valence electrons. The van der Waals surface area contributed by atoms with Gasteiger partial charge in [0.2, 0.25) is 0 Å². The molecular weight excluding hydrogens is 360 g/mol. The van der Waals surface area contributed by atoms with Gasteiger partial charge in [0.15, 0.2) is 5.17 Å². The number of carbonyl (C=O) groups is 1. The van der Waals surface area contributed by atoms with E-state index in [2.05, 4.69) is 27.8 Å². The van der Waals surface area contributed by atoms with Gasteiger partial charge in [-0.1, -0.05) is 19.1 Å². The SMILES string of the molecule is CCCOc1ccc(C=C2SC(N3CCN(CCC#N)CC3)=NC2=O)cc1. The highest BCUT2D eigenvalue weighted by molar-refractivity contribution is 8.18. The van der Waals surface area contributed by atoms with Gasteiger partial charge in [0.25, 0.3) is 5.91 Å². The van der Waals surface area contributed by atoms with Gasteiger partial charge >= 0.3 is 0 Å². The number of aliphatic imine (C=N–C) groups is 1. The summed E-state index contributed by atoms with van der Waals surface area (Å²) in [7, 11) is 0. The van der Waals surface area contributed by atoms with Crippen molar-refractivity contribution in [2.24, 2.45) is 4.99 Å². The van der Waals surface area contributed by atoms with Gasteiger partial charge in [-0.2, -0.15) is 10.3 Å². The van der Waals surface area contributed by atoms with Gasteiger partial charge in [-0.3, -0.25) is 9.69 Å². The minimum atomic E-state index is -0.173. The average Bonchev–Trinajstić information content (AvgIpc) is 3.06. The number of ether oxygens (including phenoxy) is 1. The standard InChI is InChI=1S/C20H24N4O2S/c1-2-14-26-17-6-4-16(5-7-17)15-18-19(25)22-20(27-18)24-12-10-23(11-13-24)9-3-8-21/h4-7,15H,2-3,9-14H2,1H3. The molecule has 3 rings (SSSR count). The van der Waals surface area contributed by atoms with Gasteiger partial charge in [-0.15, -0.1) is 0 Å². The Hall–Kier alpha value is -2.30. The second-order valence-electron chi connectivity index (χ2n) is 6.46. The molecule has 1 aromatic rings. The number of nitriles is 1. The van der Waals surface area contributed by atoms with E-state index in [0.29, 0.717) is 17.9 Å². The fraction of sp³-hybridized carbons (Fsp3) is 0.450. The lowest BCUT2D eigenvalue weighted by molar-refractivity contribution is -0.113. The molecule has 2 aliphatic rings. The Balaban J connectivity index is 1.56. The first-order chi connectivity index (χ1) is 13.2. The molecule has 0 aliphatic carbocycles. The second kappa shape index (κ2) is 9.58. The van der Waals surface area contributed by atoms with Gasteiger partial charge < -0.3 is 9.64 Å². The third kappa shape index (κ3) is 5.34. The number of rotatable bonds is 6. The molecule has 27 heavy (non-hydrogen) atoms. The molecule has 0 aromatic heterocycles. The zero-order valence-electron chi connectivity index (χ0n) is 15.6. The van der Waals surface area contributed by atoms with Crippen LogP contribution >= 0.6 is 11.8 Å². The molecular formula is C20H24N4O2S. The van der Waals surface area contributed by atoms with Crippen molar-refractivity contribution in [2.45, 2.75) is 19.8 Å². The van der Waals surface area contributed by atoms with E-state index in [4.69, 9.17) is 10.00 Å². The monoisotopic (exact) mass is 384 g/mol. The van der Waals surface area contributed by atoms with Gasteiger partial charge in [0.1, 0.15) is 5.75 Å². The van der Waals surface area contributed by atoms with Crippen molar-refractivity contribution in [1.29, 1.82) is 5.26 Å². The Labute approximate surface area is 164 Å². The normalized spacial score (nSPS) is 19.3. The van der Waals surface area contributed by atoms with Crippen LogP contribution in [0.5, 0.6) is 5.75 Å². The minimum absolute atomic E-state index is 0.173. The van der Waals surface area contributed by atoms with Crippen molar-refractivity contribution < 1.29 is 9.53 Å². The molecule has 0 atom stereocenters. The smallest absolute Gasteiger partial charge is 0.286 e. The molecule has 6 nitrogen and oxygen atoms in total. The first-order valence-corrected chi connectivity index (χ1v) is 10.1. The predicted octanol–water partition coefficient (Wildman–Crippen LogP) is 2.98. The Morgan fingerprint density at radius 1 is 1.26 bits per heavy atom. The molecule has 0 radical (unpaired) electrons. The highest BCUT2D eigenvalue weighted by Crippen LogP contribution is 2.31. The maximum Gasteiger partial charge on any atom is 0.286 e. The number of hydrogen-bond acceptors (Lipinski definition) is 6. The van der Waals surface area contributed by atoms with Crippen molar-refractivity contribution in [3.8, 4) is 11.8 Å². The highest BCUT2D eigenvalue weighted by Gasteiger charge is 2.28. The molecule has 2 heterocycles. The maximum atomic E-state index is 12.3. The molecule has 1 fully saturated rings. The van der Waals surface area contributed by atoms with E-state index >= 15 is 0 Å². The quantitative estimate of drug-likeness (QED) is 0.703. The fourth-order valence-corrected chi connectivity index (χ4v) is 3.90. The molecule has 1 aromatic carbocycles. The fourth-order valence-electron chi connectivity index (χ4n) is 2.94. The summed E-state index contributed by atoms with van der Waals surface area (Å²) in [5.41, 5.74) is 0.965. The van der Waals surface area contributed by atoms with Crippen molar-refractivity contribution in [2.75, 3.05) is 39.3 Å². The summed E-state index contributed by atoms with van der Waals surface area (Å²) in [6.45, 7) is 7.05. The third-order valence-corrected chi connectivity index (χ3v) is 5.49. The Kier molecular flexibility index (Phi) is 6.91. The van der Waals surface area contributed by atoms with Gasteiger partial charge in [-0.25, -0.2) is 0 Å². The van der Waals surface area contributed by atoms with Crippen molar-refractivity contribution in [1.82, 2.24) is 9.80 Å². The Bertz CT molecular complexity index is 759. The lowest BCUT2D eigenvalue weighted by Gasteiger charge is -2.34. The van der Waals surface area contributed by atoms with Crippen LogP contribution in [0.15, 0.2) is 34.2 Å². The van der Waals surface area contributed by atoms with Gasteiger partial charge in [0, 0.05) is 39.1 Å². The molecule has 2 aliphatic heterocycles. The summed E-state index contributed by atoms with van der Waals surface area (Å²) in [6.07, 6.45) is 3.42. The van der Waals surface area contributed by atoms with Gasteiger partial charge in [-0.05, 0) is 42.0 Å². The van der Waals surface area contributed by atoms with E-state index in [1.165, 1.54) is 11.8 Å². The second-order valence-corrected chi connectivity index (χ2v) is 7.47. The Morgan fingerprint density at radius 2 is 2.00 bits per heavy atom. The van der Waals surface area contributed by atoms with Crippen LogP contribution < -0.4 is 4.74 Å². The zero-order valence-corrected chi connectivity index (χ0v) is 16.4. The van der Waals surface area contributed by atoms with E-state index in [9.17, 15) is 4.79 Å². The lowest BCUT2D eigenvalue weighted by Crippen LogP contribution is -2.47. The number of hydrogen-bond donors (Lipinski definition) is 0. The van der Waals surface area contributed by atoms with E-state index in [0.717, 1.165) is 55.6 Å². The van der Waals surface area contributed by atoms with Crippen LogP contribution in [0, 0.1) is 11.3 Å². The van der Waals surface area contributed by atoms with Crippen LogP contribution in [0.2, 0.25) is 0 Å². The summed E-state index contributed by atoms with van der Waals surface area (Å²) < 4.78 is 5.59. The molecule has 0 spiro atoms. The van der Waals surface area contributed by atoms with Crippen molar-refractivity contribution in [3.05, 3.63) is 34.7 Å². The molecule has 0 saturated carbocycles. The summed E-state index contributed by atoms with van der Waals surface area (Å²) in [5.74, 6) is 0.670. The Morgan fingerprint density at radius 3 is 2.67 bits per heavy atom. The van der Waals surface area contributed by atoms with Crippen LogP contribution in [0.1, 0.15) is 25.3 Å². The summed E-state index contributed by atoms with van der Waals surface area (Å²) in [5, 5.41) is 9.48. The van der Waals surface area contributed by atoms with Crippen LogP contribution in [0.3, 0.4) is 0 Å². The van der Waals surface area contributed by atoms with E-state index < -0.39 is 0 Å². The highest BCUT2D eigenvalue weighted by atomic mass is 32.2. The van der Waals surface area contributed by atoms with Crippen molar-refractivity contribution in [3.63, 3.8) is 0 Å². The summed E-state index contributed by atoms with van der Waals surface area (Å²) in [4.78, 5) is 21.6. The summed E-state index contributed by atoms with van der Waals surface area (Å²) in [6, 6.07) is 9.95. The number of piperazine rings is 1. The van der Waals surface area contributed by atoms with Crippen LogP contribution in [0.25, 0.3) is 6.08 Å². The number of thioether (sulfide) groups is 1. The maximum absolute atomic E-state index is 12.3. The van der Waals surface area contributed by atoms with Crippen molar-refractivity contribution >= 4 is 28.9 Å². The van der Waals surface area contributed by atoms with E-state index in [-0.39, 0.29) is 5.91 Å². The molecule has 7 heteroatoms. The van der Waals surface area contributed by atoms with Gasteiger partial charge in [0.05, 0.1) is 17.6 Å². The van der Waals surface area contributed by atoms with Crippen LogP contribution in [0.4, 0.5) is 0 Å². The molecule has 0 bridgehead atoms. The summed E-state index contributed by atoms with van der Waals surface area (Å²) >= 11 is 1.44. The number of benzene rings is 1. The molecule has 0 unspecified atom stereocenters. The number of nitrogens with zero attached hydrogens (tertiary/aromatic N) is 4. The molecule has 1 amide bonds. The number of amides is 1. The largest absolute Gasteiger partial charge is 0.494 e. The molecule has 0 N–H and O–H groups in total. The van der Waals surface area contributed by atoms with E-state index in [1.807, 2.05) is 30.3 Å². The first-order valence-electron chi connectivity index (χ1n) is 9.29. The van der Waals surface area contributed by atoms with Crippen LogP contribution in [-0.2, 0) is 4.79 Å². The third-order valence-electron chi connectivity index (χ3n) is 4.44. The topological polar surface area (TPSA) is 68.9 Å². The number of amidine groups is 1.